The fourth-order valence-corrected chi connectivity index (χ4v) is 3.71. The Balaban J connectivity index is 1.45. The third-order valence-electron chi connectivity index (χ3n) is 5.21. The summed E-state index contributed by atoms with van der Waals surface area (Å²) in [6, 6.07) is 16.9. The number of carbonyl (C=O) groups excluding carboxylic acids is 1. The third kappa shape index (κ3) is 3.95. The molecule has 0 saturated carbocycles. The van der Waals surface area contributed by atoms with Crippen molar-refractivity contribution in [2.24, 2.45) is 4.99 Å². The van der Waals surface area contributed by atoms with E-state index < -0.39 is 0 Å². The van der Waals surface area contributed by atoms with E-state index in [9.17, 15) is 4.79 Å². The van der Waals surface area contributed by atoms with Crippen LogP contribution < -0.4 is 0 Å². The normalized spacial score (nSPS) is 16.7. The summed E-state index contributed by atoms with van der Waals surface area (Å²) in [5.41, 5.74) is 6.71. The zero-order valence-electron chi connectivity index (χ0n) is 16.0. The quantitative estimate of drug-likeness (QED) is 0.832. The Morgan fingerprint density at radius 1 is 0.963 bits per heavy atom. The van der Waals surface area contributed by atoms with E-state index in [0.29, 0.717) is 13.1 Å². The zero-order chi connectivity index (χ0) is 18.8. The van der Waals surface area contributed by atoms with Gasteiger partial charge in [-0.25, -0.2) is 4.99 Å². The van der Waals surface area contributed by atoms with Gasteiger partial charge in [0.25, 0.3) is 5.91 Å². The minimum Gasteiger partial charge on any atom is -0.354 e. The highest BCUT2D eigenvalue weighted by Crippen LogP contribution is 2.26. The van der Waals surface area contributed by atoms with Crippen molar-refractivity contribution in [3.63, 3.8) is 0 Å². The molecule has 27 heavy (non-hydrogen) atoms. The molecule has 4 nitrogen and oxygen atoms in total. The van der Waals surface area contributed by atoms with Crippen LogP contribution in [0.15, 0.2) is 64.8 Å². The molecule has 138 valence electrons. The lowest BCUT2D eigenvalue weighted by molar-refractivity contribution is -0.128. The summed E-state index contributed by atoms with van der Waals surface area (Å²) in [4.78, 5) is 21.7. The number of benzene rings is 2. The van der Waals surface area contributed by atoms with Crippen molar-refractivity contribution in [1.82, 2.24) is 9.80 Å². The maximum atomic E-state index is 13.1. The molecule has 2 aromatic rings. The summed E-state index contributed by atoms with van der Waals surface area (Å²) >= 11 is 0. The predicted octanol–water partition coefficient (Wildman–Crippen LogP) is 3.83. The molecule has 1 amide bonds. The SMILES string of the molecule is Cc1ccc(CN2C=NC3=C(C2)C(=O)N(Cc2cccc(C)c2)CC3)cc1. The first-order chi connectivity index (χ1) is 13.1. The van der Waals surface area contributed by atoms with Crippen LogP contribution in [-0.4, -0.2) is 35.1 Å². The molecule has 4 heteroatoms. The molecule has 0 bridgehead atoms. The Hall–Kier alpha value is -2.88. The fraction of sp³-hybridized carbons (Fsp3) is 0.304. The summed E-state index contributed by atoms with van der Waals surface area (Å²) < 4.78 is 0. The number of hydrogen-bond donors (Lipinski definition) is 0. The Morgan fingerprint density at radius 2 is 1.78 bits per heavy atom. The maximum Gasteiger partial charge on any atom is 0.253 e. The van der Waals surface area contributed by atoms with E-state index in [4.69, 9.17) is 0 Å². The van der Waals surface area contributed by atoms with Crippen molar-refractivity contribution in [2.45, 2.75) is 33.4 Å². The van der Waals surface area contributed by atoms with Gasteiger partial charge < -0.3 is 9.80 Å². The molecule has 2 aliphatic heterocycles. The van der Waals surface area contributed by atoms with Crippen LogP contribution in [0.4, 0.5) is 0 Å². The van der Waals surface area contributed by atoms with Gasteiger partial charge in [0.1, 0.15) is 0 Å². The Kier molecular flexibility index (Phi) is 4.80. The van der Waals surface area contributed by atoms with Crippen molar-refractivity contribution in [3.05, 3.63) is 82.1 Å². The summed E-state index contributed by atoms with van der Waals surface area (Å²) in [7, 11) is 0. The van der Waals surface area contributed by atoms with Crippen molar-refractivity contribution >= 4 is 12.2 Å². The molecule has 0 fully saturated rings. The van der Waals surface area contributed by atoms with E-state index >= 15 is 0 Å². The van der Waals surface area contributed by atoms with Gasteiger partial charge in [-0.2, -0.15) is 0 Å². The van der Waals surface area contributed by atoms with Crippen LogP contribution in [0, 0.1) is 13.8 Å². The highest BCUT2D eigenvalue weighted by molar-refractivity contribution is 5.96. The minimum atomic E-state index is 0.128. The van der Waals surface area contributed by atoms with Crippen LogP contribution in [0.3, 0.4) is 0 Å². The number of aryl methyl sites for hydroxylation is 2. The number of rotatable bonds is 4. The summed E-state index contributed by atoms with van der Waals surface area (Å²) in [6.07, 6.45) is 2.73. The van der Waals surface area contributed by atoms with E-state index in [2.05, 4.69) is 72.3 Å². The van der Waals surface area contributed by atoms with Crippen molar-refractivity contribution in [1.29, 1.82) is 0 Å². The van der Waals surface area contributed by atoms with Crippen LogP contribution in [0.1, 0.15) is 28.7 Å². The number of carbonyl (C=O) groups is 1. The van der Waals surface area contributed by atoms with Crippen LogP contribution in [0.25, 0.3) is 0 Å². The number of aliphatic imine (C=N–C) groups is 1. The predicted molar refractivity (Wildman–Crippen MR) is 108 cm³/mol. The van der Waals surface area contributed by atoms with E-state index in [-0.39, 0.29) is 5.91 Å². The average molecular weight is 359 g/mol. The molecule has 0 atom stereocenters. The highest BCUT2D eigenvalue weighted by atomic mass is 16.2. The highest BCUT2D eigenvalue weighted by Gasteiger charge is 2.29. The summed E-state index contributed by atoms with van der Waals surface area (Å²) in [6.45, 7) is 6.98. The van der Waals surface area contributed by atoms with E-state index in [0.717, 1.165) is 30.8 Å². The molecule has 2 aromatic carbocycles. The lowest BCUT2D eigenvalue weighted by Gasteiger charge is -2.34. The minimum absolute atomic E-state index is 0.128. The molecular weight excluding hydrogens is 334 g/mol. The first kappa shape index (κ1) is 17.5. The maximum absolute atomic E-state index is 13.1. The molecule has 0 spiro atoms. The molecule has 2 heterocycles. The van der Waals surface area contributed by atoms with Gasteiger partial charge in [-0.3, -0.25) is 4.79 Å². The first-order valence-electron chi connectivity index (χ1n) is 9.49. The standard InChI is InChI=1S/C23H25N3O/c1-17-6-8-19(9-7-17)13-25-15-21-22(24-16-25)10-11-26(23(21)27)14-20-5-3-4-18(2)12-20/h3-9,12,16H,10-11,13-15H2,1-2H3. The second-order valence-corrected chi connectivity index (χ2v) is 7.53. The van der Waals surface area contributed by atoms with E-state index in [1.807, 2.05) is 11.2 Å². The number of nitrogens with zero attached hydrogens (tertiary/aromatic N) is 3. The second kappa shape index (κ2) is 7.39. The molecule has 0 unspecified atom stereocenters. The summed E-state index contributed by atoms with van der Waals surface area (Å²) in [5.74, 6) is 0.128. The largest absolute Gasteiger partial charge is 0.354 e. The van der Waals surface area contributed by atoms with Crippen LogP contribution in [0.2, 0.25) is 0 Å². The molecule has 0 radical (unpaired) electrons. The van der Waals surface area contributed by atoms with Gasteiger partial charge in [0, 0.05) is 26.1 Å². The molecule has 0 aliphatic carbocycles. The Labute approximate surface area is 160 Å². The van der Waals surface area contributed by atoms with Gasteiger partial charge in [-0.15, -0.1) is 0 Å². The molecule has 4 rings (SSSR count). The van der Waals surface area contributed by atoms with E-state index in [1.54, 1.807) is 0 Å². The average Bonchev–Trinajstić information content (AvgIpc) is 2.66. The number of amides is 1. The zero-order valence-corrected chi connectivity index (χ0v) is 16.0. The van der Waals surface area contributed by atoms with Gasteiger partial charge in [0.15, 0.2) is 0 Å². The lowest BCUT2D eigenvalue weighted by Crippen LogP contribution is -2.42. The van der Waals surface area contributed by atoms with Gasteiger partial charge >= 0.3 is 0 Å². The van der Waals surface area contributed by atoms with Gasteiger partial charge in [-0.05, 0) is 25.0 Å². The van der Waals surface area contributed by atoms with Crippen molar-refractivity contribution < 1.29 is 4.79 Å². The van der Waals surface area contributed by atoms with Gasteiger partial charge in [0.2, 0.25) is 0 Å². The molecule has 0 N–H and O–H groups in total. The van der Waals surface area contributed by atoms with Crippen LogP contribution in [-0.2, 0) is 17.9 Å². The van der Waals surface area contributed by atoms with Gasteiger partial charge in [0.05, 0.1) is 24.2 Å². The Bertz CT molecular complexity index is 911. The first-order valence-corrected chi connectivity index (χ1v) is 9.49. The van der Waals surface area contributed by atoms with Crippen molar-refractivity contribution in [3.8, 4) is 0 Å². The lowest BCUT2D eigenvalue weighted by atomic mass is 10.0. The molecular formula is C23H25N3O. The van der Waals surface area contributed by atoms with Gasteiger partial charge in [-0.1, -0.05) is 59.7 Å². The van der Waals surface area contributed by atoms with Crippen molar-refractivity contribution in [2.75, 3.05) is 13.1 Å². The second-order valence-electron chi connectivity index (χ2n) is 7.53. The van der Waals surface area contributed by atoms with Crippen LogP contribution >= 0.6 is 0 Å². The van der Waals surface area contributed by atoms with E-state index in [1.165, 1.54) is 22.3 Å². The topological polar surface area (TPSA) is 35.9 Å². The summed E-state index contributed by atoms with van der Waals surface area (Å²) in [5, 5.41) is 0. The molecule has 0 saturated heterocycles. The molecule has 0 aromatic heterocycles. The van der Waals surface area contributed by atoms with Crippen LogP contribution in [0.5, 0.6) is 0 Å². The molecule has 2 aliphatic rings. The fourth-order valence-electron chi connectivity index (χ4n) is 3.71. The monoisotopic (exact) mass is 359 g/mol. The Morgan fingerprint density at radius 3 is 2.56 bits per heavy atom. The third-order valence-corrected chi connectivity index (χ3v) is 5.21. The smallest absolute Gasteiger partial charge is 0.253 e. The number of hydrogen-bond acceptors (Lipinski definition) is 3.